The van der Waals surface area contributed by atoms with Crippen LogP contribution in [0.2, 0.25) is 5.02 Å². The summed E-state index contributed by atoms with van der Waals surface area (Å²) in [5, 5.41) is 3.33. The molecule has 0 spiro atoms. The number of fused-ring (bicyclic) bond motifs is 1. The van der Waals surface area contributed by atoms with Gasteiger partial charge in [0, 0.05) is 17.8 Å². The van der Waals surface area contributed by atoms with E-state index in [0.29, 0.717) is 22.7 Å². The van der Waals surface area contributed by atoms with E-state index in [0.717, 1.165) is 11.1 Å². The van der Waals surface area contributed by atoms with Crippen LogP contribution in [0.25, 0.3) is 11.2 Å². The second kappa shape index (κ2) is 8.24. The molecule has 2 aromatic carbocycles. The molecule has 29 heavy (non-hydrogen) atoms. The molecule has 0 bridgehead atoms. The molecule has 6 nitrogen and oxygen atoms in total. The average molecular weight is 405 g/mol. The van der Waals surface area contributed by atoms with Crippen LogP contribution in [0.5, 0.6) is 0 Å². The number of rotatable bonds is 5. The van der Waals surface area contributed by atoms with Crippen molar-refractivity contribution in [2.75, 3.05) is 0 Å². The first-order chi connectivity index (χ1) is 14.1. The van der Waals surface area contributed by atoms with Crippen LogP contribution < -0.4 is 10.9 Å². The van der Waals surface area contributed by atoms with Crippen LogP contribution in [0.4, 0.5) is 0 Å². The summed E-state index contributed by atoms with van der Waals surface area (Å²) in [7, 11) is 0. The summed E-state index contributed by atoms with van der Waals surface area (Å²) in [6.45, 7) is 0.536. The zero-order valence-electron chi connectivity index (χ0n) is 15.4. The molecule has 2 heterocycles. The molecule has 7 heteroatoms. The molecule has 2 aromatic heterocycles. The zero-order chi connectivity index (χ0) is 20.2. The highest BCUT2D eigenvalue weighted by Crippen LogP contribution is 2.12. The fourth-order valence-electron chi connectivity index (χ4n) is 3.05. The van der Waals surface area contributed by atoms with Crippen LogP contribution in [0.1, 0.15) is 21.6 Å². The highest BCUT2D eigenvalue weighted by molar-refractivity contribution is 6.30. The number of halogens is 1. The van der Waals surface area contributed by atoms with E-state index in [4.69, 9.17) is 11.6 Å². The molecule has 144 valence electrons. The minimum absolute atomic E-state index is 0.163. The number of aromatic nitrogens is 3. The standard InChI is InChI=1S/C22H17ClN4O2/c23-17-9-4-8-16(12-17)13-25-21(28)19-22(29)27(14-15-6-2-1-3-7-15)20-18(26-19)10-5-11-24-20/h1-12H,13-14H2,(H,25,28). The molecule has 0 unspecified atom stereocenters. The van der Waals surface area contributed by atoms with Crippen molar-refractivity contribution in [3.8, 4) is 0 Å². The van der Waals surface area contributed by atoms with E-state index in [1.807, 2.05) is 36.4 Å². The molecule has 0 saturated carbocycles. The Morgan fingerprint density at radius 1 is 1.00 bits per heavy atom. The average Bonchev–Trinajstić information content (AvgIpc) is 2.74. The minimum atomic E-state index is -0.539. The van der Waals surface area contributed by atoms with E-state index in [9.17, 15) is 9.59 Å². The van der Waals surface area contributed by atoms with Gasteiger partial charge in [-0.25, -0.2) is 9.97 Å². The van der Waals surface area contributed by atoms with Crippen LogP contribution in [-0.4, -0.2) is 20.4 Å². The van der Waals surface area contributed by atoms with Gasteiger partial charge in [-0.05, 0) is 35.4 Å². The van der Waals surface area contributed by atoms with Gasteiger partial charge in [-0.15, -0.1) is 0 Å². The van der Waals surface area contributed by atoms with Gasteiger partial charge in [0.2, 0.25) is 0 Å². The third-order valence-corrected chi connectivity index (χ3v) is 4.68. The summed E-state index contributed by atoms with van der Waals surface area (Å²) in [5.41, 5.74) is 2.03. The molecule has 0 aliphatic carbocycles. The molecule has 4 aromatic rings. The smallest absolute Gasteiger partial charge is 0.284 e. The van der Waals surface area contributed by atoms with Gasteiger partial charge in [-0.2, -0.15) is 0 Å². The van der Waals surface area contributed by atoms with E-state index < -0.39 is 11.5 Å². The second-order valence-corrected chi connectivity index (χ2v) is 6.93. The number of nitrogens with zero attached hydrogens (tertiary/aromatic N) is 3. The largest absolute Gasteiger partial charge is 0.346 e. The van der Waals surface area contributed by atoms with Crippen molar-refractivity contribution in [1.82, 2.24) is 19.9 Å². The molecule has 1 amide bonds. The number of benzene rings is 2. The number of carbonyl (C=O) groups excluding carboxylic acids is 1. The first-order valence-corrected chi connectivity index (χ1v) is 9.42. The van der Waals surface area contributed by atoms with E-state index in [1.165, 1.54) is 4.57 Å². The van der Waals surface area contributed by atoms with Gasteiger partial charge >= 0.3 is 0 Å². The predicted octanol–water partition coefficient (Wildman–Crippen LogP) is 3.42. The Kier molecular flexibility index (Phi) is 5.35. The topological polar surface area (TPSA) is 76.9 Å². The lowest BCUT2D eigenvalue weighted by Crippen LogP contribution is -2.35. The highest BCUT2D eigenvalue weighted by atomic mass is 35.5. The molecule has 1 N–H and O–H groups in total. The van der Waals surface area contributed by atoms with Crippen molar-refractivity contribution in [3.05, 3.63) is 105 Å². The van der Waals surface area contributed by atoms with Crippen LogP contribution >= 0.6 is 11.6 Å². The second-order valence-electron chi connectivity index (χ2n) is 6.50. The van der Waals surface area contributed by atoms with Crippen molar-refractivity contribution in [2.45, 2.75) is 13.1 Å². The molecule has 0 atom stereocenters. The molecule has 0 saturated heterocycles. The van der Waals surface area contributed by atoms with E-state index in [1.54, 1.807) is 36.5 Å². The van der Waals surface area contributed by atoms with Crippen LogP contribution in [0, 0.1) is 0 Å². The molecule has 0 fully saturated rings. The van der Waals surface area contributed by atoms with E-state index >= 15 is 0 Å². The van der Waals surface area contributed by atoms with Crippen molar-refractivity contribution >= 4 is 28.7 Å². The van der Waals surface area contributed by atoms with Gasteiger partial charge in [0.05, 0.1) is 6.54 Å². The van der Waals surface area contributed by atoms with Crippen molar-refractivity contribution in [2.24, 2.45) is 0 Å². The molecular formula is C22H17ClN4O2. The number of carbonyl (C=O) groups is 1. The Balaban J connectivity index is 1.69. The maximum atomic E-state index is 13.1. The van der Waals surface area contributed by atoms with Crippen LogP contribution in [0.15, 0.2) is 77.7 Å². The maximum absolute atomic E-state index is 13.1. The molecule has 0 aliphatic rings. The lowest BCUT2D eigenvalue weighted by Gasteiger charge is -2.12. The normalized spacial score (nSPS) is 10.8. The molecule has 4 rings (SSSR count). The zero-order valence-corrected chi connectivity index (χ0v) is 16.1. The van der Waals surface area contributed by atoms with Crippen LogP contribution in [0.3, 0.4) is 0 Å². The summed E-state index contributed by atoms with van der Waals surface area (Å²) in [6, 6.07) is 20.2. The summed E-state index contributed by atoms with van der Waals surface area (Å²) in [4.78, 5) is 34.4. The summed E-state index contributed by atoms with van der Waals surface area (Å²) in [6.07, 6.45) is 1.60. The minimum Gasteiger partial charge on any atom is -0.346 e. The maximum Gasteiger partial charge on any atom is 0.284 e. The van der Waals surface area contributed by atoms with Gasteiger partial charge in [-0.1, -0.05) is 54.1 Å². The van der Waals surface area contributed by atoms with Crippen molar-refractivity contribution in [1.29, 1.82) is 0 Å². The first kappa shape index (κ1) is 18.8. The lowest BCUT2D eigenvalue weighted by atomic mass is 10.2. The number of amides is 1. The fraction of sp³-hybridized carbons (Fsp3) is 0.0909. The van der Waals surface area contributed by atoms with Gasteiger partial charge in [0.1, 0.15) is 5.52 Å². The van der Waals surface area contributed by atoms with Crippen molar-refractivity contribution in [3.63, 3.8) is 0 Å². The Morgan fingerprint density at radius 3 is 2.59 bits per heavy atom. The molecular weight excluding hydrogens is 388 g/mol. The number of hydrogen-bond donors (Lipinski definition) is 1. The Hall–Kier alpha value is -3.51. The lowest BCUT2D eigenvalue weighted by molar-refractivity contribution is 0.0944. The van der Waals surface area contributed by atoms with Crippen LogP contribution in [-0.2, 0) is 13.1 Å². The predicted molar refractivity (Wildman–Crippen MR) is 112 cm³/mol. The number of pyridine rings is 1. The Bertz CT molecular complexity index is 1240. The van der Waals surface area contributed by atoms with Gasteiger partial charge in [0.15, 0.2) is 11.3 Å². The van der Waals surface area contributed by atoms with Gasteiger partial charge < -0.3 is 5.32 Å². The van der Waals surface area contributed by atoms with Crippen molar-refractivity contribution < 1.29 is 4.79 Å². The first-order valence-electron chi connectivity index (χ1n) is 9.04. The summed E-state index contributed by atoms with van der Waals surface area (Å²) >= 11 is 5.98. The van der Waals surface area contributed by atoms with Gasteiger partial charge in [-0.3, -0.25) is 14.2 Å². The Morgan fingerprint density at radius 2 is 1.79 bits per heavy atom. The molecule has 0 radical (unpaired) electrons. The fourth-order valence-corrected chi connectivity index (χ4v) is 3.26. The monoisotopic (exact) mass is 404 g/mol. The quantitative estimate of drug-likeness (QED) is 0.553. The van der Waals surface area contributed by atoms with E-state index in [-0.39, 0.29) is 12.2 Å². The molecule has 0 aliphatic heterocycles. The third kappa shape index (κ3) is 4.17. The summed E-state index contributed by atoms with van der Waals surface area (Å²) in [5.74, 6) is -0.539. The van der Waals surface area contributed by atoms with E-state index in [2.05, 4.69) is 15.3 Å². The Labute approximate surface area is 171 Å². The SMILES string of the molecule is O=C(NCc1cccc(Cl)c1)c1nc2cccnc2n(Cc2ccccc2)c1=O. The summed E-state index contributed by atoms with van der Waals surface area (Å²) < 4.78 is 1.48. The highest BCUT2D eigenvalue weighted by Gasteiger charge is 2.18. The number of hydrogen-bond acceptors (Lipinski definition) is 4. The van der Waals surface area contributed by atoms with Gasteiger partial charge in [0.25, 0.3) is 11.5 Å². The third-order valence-electron chi connectivity index (χ3n) is 4.44. The number of nitrogens with one attached hydrogen (secondary N) is 1.